The van der Waals surface area contributed by atoms with Gasteiger partial charge in [-0.15, -0.1) is 0 Å². The van der Waals surface area contributed by atoms with Gasteiger partial charge in [-0.05, 0) is 19.8 Å². The van der Waals surface area contributed by atoms with E-state index in [9.17, 15) is 14.7 Å². The second kappa shape index (κ2) is 5.85. The first-order valence-corrected chi connectivity index (χ1v) is 6.98. The van der Waals surface area contributed by atoms with E-state index in [1.54, 1.807) is 13.2 Å². The van der Waals surface area contributed by atoms with Crippen LogP contribution >= 0.6 is 0 Å². The predicted octanol–water partition coefficient (Wildman–Crippen LogP) is 0.722. The molecule has 1 aliphatic heterocycles. The minimum absolute atomic E-state index is 0.0163. The Balaban J connectivity index is 2.14. The lowest BCUT2D eigenvalue weighted by atomic mass is 9.88. The molecular weight excluding hydrogens is 274 g/mol. The molecule has 1 fully saturated rings. The summed E-state index contributed by atoms with van der Waals surface area (Å²) < 4.78 is 7.14. The van der Waals surface area contributed by atoms with Gasteiger partial charge in [0.15, 0.2) is 6.04 Å². The van der Waals surface area contributed by atoms with E-state index in [0.717, 1.165) is 0 Å². The lowest BCUT2D eigenvalue weighted by Crippen LogP contribution is -2.41. The first kappa shape index (κ1) is 15.5. The number of aliphatic carboxylic acids is 1. The van der Waals surface area contributed by atoms with Crippen LogP contribution in [-0.4, -0.2) is 39.0 Å². The number of aromatic nitrogens is 2. The van der Waals surface area contributed by atoms with E-state index in [1.807, 2.05) is 20.8 Å². The molecule has 1 saturated heterocycles. The Morgan fingerprint density at radius 2 is 2.05 bits per heavy atom. The largest absolute Gasteiger partial charge is 0.479 e. The van der Waals surface area contributed by atoms with Gasteiger partial charge in [0.25, 0.3) is 0 Å². The quantitative estimate of drug-likeness (QED) is 0.853. The Hall–Kier alpha value is -1.89. The Labute approximate surface area is 123 Å². The molecule has 2 N–H and O–H groups in total. The highest BCUT2D eigenvalue weighted by molar-refractivity contribution is 5.86. The zero-order valence-corrected chi connectivity index (χ0v) is 12.6. The highest BCUT2D eigenvalue weighted by Crippen LogP contribution is 2.32. The van der Waals surface area contributed by atoms with Gasteiger partial charge in [-0.25, -0.2) is 4.79 Å². The van der Waals surface area contributed by atoms with Gasteiger partial charge < -0.3 is 15.2 Å². The van der Waals surface area contributed by atoms with E-state index in [1.165, 1.54) is 10.9 Å². The molecule has 1 aromatic heterocycles. The monoisotopic (exact) mass is 295 g/mol. The van der Waals surface area contributed by atoms with Gasteiger partial charge in [-0.2, -0.15) is 5.10 Å². The number of carbonyl (C=O) groups is 2. The summed E-state index contributed by atoms with van der Waals surface area (Å²) in [7, 11) is 1.70. The fourth-order valence-electron chi connectivity index (χ4n) is 2.83. The van der Waals surface area contributed by atoms with Crippen molar-refractivity contribution in [1.82, 2.24) is 15.1 Å². The standard InChI is InChI=1S/C14H21N3O4/c1-7-8(2)21-9(3)11(7)13(18)16-12(14(19)20)10-5-15-17(4)6-10/h5-9,11-12H,1-4H3,(H,16,18)(H,19,20). The molecule has 0 aliphatic carbocycles. The third kappa shape index (κ3) is 3.07. The Kier molecular flexibility index (Phi) is 4.32. The molecule has 7 nitrogen and oxygen atoms in total. The van der Waals surface area contributed by atoms with Gasteiger partial charge in [-0.3, -0.25) is 9.48 Å². The number of ether oxygens (including phenoxy) is 1. The average Bonchev–Trinajstić information content (AvgIpc) is 2.91. The molecule has 1 aromatic rings. The molecule has 5 unspecified atom stereocenters. The first-order chi connectivity index (χ1) is 9.81. The first-order valence-electron chi connectivity index (χ1n) is 6.98. The molecule has 0 spiro atoms. The topological polar surface area (TPSA) is 93.4 Å². The fraction of sp³-hybridized carbons (Fsp3) is 0.643. The minimum atomic E-state index is -1.11. The maximum absolute atomic E-state index is 12.4. The van der Waals surface area contributed by atoms with Crippen molar-refractivity contribution in [2.45, 2.75) is 39.0 Å². The highest BCUT2D eigenvalue weighted by atomic mass is 16.5. The molecular formula is C14H21N3O4. The van der Waals surface area contributed by atoms with E-state index < -0.39 is 12.0 Å². The van der Waals surface area contributed by atoms with Crippen molar-refractivity contribution in [1.29, 1.82) is 0 Å². The lowest BCUT2D eigenvalue weighted by molar-refractivity contribution is -0.143. The highest BCUT2D eigenvalue weighted by Gasteiger charge is 2.42. The Bertz CT molecular complexity index is 542. The van der Waals surface area contributed by atoms with Gasteiger partial charge in [0.05, 0.1) is 24.3 Å². The normalized spacial score (nSPS) is 30.1. The number of amides is 1. The summed E-state index contributed by atoms with van der Waals surface area (Å²) >= 11 is 0. The number of aryl methyl sites for hydroxylation is 1. The Morgan fingerprint density at radius 3 is 2.48 bits per heavy atom. The molecule has 0 bridgehead atoms. The van der Waals surface area contributed by atoms with E-state index in [4.69, 9.17) is 4.74 Å². The van der Waals surface area contributed by atoms with Gasteiger partial charge >= 0.3 is 5.97 Å². The summed E-state index contributed by atoms with van der Waals surface area (Å²) in [4.78, 5) is 23.8. The molecule has 2 heterocycles. The van der Waals surface area contributed by atoms with Gasteiger partial charge in [0.2, 0.25) is 5.91 Å². The van der Waals surface area contributed by atoms with Crippen LogP contribution in [0.1, 0.15) is 32.4 Å². The fourth-order valence-corrected chi connectivity index (χ4v) is 2.83. The summed E-state index contributed by atoms with van der Waals surface area (Å²) in [5, 5.41) is 15.9. The van der Waals surface area contributed by atoms with Crippen molar-refractivity contribution in [3.8, 4) is 0 Å². The van der Waals surface area contributed by atoms with Crippen molar-refractivity contribution < 1.29 is 19.4 Å². The maximum atomic E-state index is 12.4. The van der Waals surface area contributed by atoms with Crippen LogP contribution in [0, 0.1) is 11.8 Å². The lowest BCUT2D eigenvalue weighted by Gasteiger charge is -2.21. The van der Waals surface area contributed by atoms with Crippen LogP contribution in [0.25, 0.3) is 0 Å². The van der Waals surface area contributed by atoms with Crippen LogP contribution in [0.5, 0.6) is 0 Å². The Morgan fingerprint density at radius 1 is 1.38 bits per heavy atom. The molecule has 116 valence electrons. The van der Waals surface area contributed by atoms with Crippen molar-refractivity contribution in [2.24, 2.45) is 18.9 Å². The van der Waals surface area contributed by atoms with Crippen LogP contribution in [0.15, 0.2) is 12.4 Å². The van der Waals surface area contributed by atoms with Crippen molar-refractivity contribution in [3.63, 3.8) is 0 Å². The van der Waals surface area contributed by atoms with Crippen molar-refractivity contribution >= 4 is 11.9 Å². The van der Waals surface area contributed by atoms with E-state index in [0.29, 0.717) is 5.56 Å². The summed E-state index contributed by atoms with van der Waals surface area (Å²) in [6, 6.07) is -1.10. The molecule has 5 atom stereocenters. The number of carbonyl (C=O) groups excluding carboxylic acids is 1. The van der Waals surface area contributed by atoms with Gasteiger partial charge in [0, 0.05) is 18.8 Å². The third-order valence-electron chi connectivity index (χ3n) is 4.14. The maximum Gasteiger partial charge on any atom is 0.331 e. The predicted molar refractivity (Wildman–Crippen MR) is 74.4 cm³/mol. The second-order valence-electron chi connectivity index (χ2n) is 5.66. The summed E-state index contributed by atoms with van der Waals surface area (Å²) in [5.74, 6) is -1.71. The second-order valence-corrected chi connectivity index (χ2v) is 5.66. The molecule has 1 amide bonds. The summed E-state index contributed by atoms with van der Waals surface area (Å²) in [5.41, 5.74) is 0.450. The number of carboxylic acids is 1. The number of rotatable bonds is 4. The van der Waals surface area contributed by atoms with Crippen LogP contribution in [0.3, 0.4) is 0 Å². The number of hydrogen-bond donors (Lipinski definition) is 2. The number of nitrogens with one attached hydrogen (secondary N) is 1. The van der Waals surface area contributed by atoms with E-state index >= 15 is 0 Å². The van der Waals surface area contributed by atoms with Crippen LogP contribution in [-0.2, 0) is 21.4 Å². The van der Waals surface area contributed by atoms with Crippen molar-refractivity contribution in [2.75, 3.05) is 0 Å². The number of hydrogen-bond acceptors (Lipinski definition) is 4. The van der Waals surface area contributed by atoms with E-state index in [-0.39, 0.29) is 30.0 Å². The van der Waals surface area contributed by atoms with Crippen LogP contribution < -0.4 is 5.32 Å². The van der Waals surface area contributed by atoms with Crippen LogP contribution in [0.2, 0.25) is 0 Å². The van der Waals surface area contributed by atoms with Crippen LogP contribution in [0.4, 0.5) is 0 Å². The minimum Gasteiger partial charge on any atom is -0.479 e. The molecule has 0 radical (unpaired) electrons. The molecule has 1 aliphatic rings. The molecule has 7 heteroatoms. The average molecular weight is 295 g/mol. The molecule has 0 saturated carbocycles. The van der Waals surface area contributed by atoms with Gasteiger partial charge in [0.1, 0.15) is 0 Å². The number of carboxylic acid groups (broad SMARTS) is 1. The zero-order valence-electron chi connectivity index (χ0n) is 12.6. The third-order valence-corrected chi connectivity index (χ3v) is 4.14. The molecule has 0 aromatic carbocycles. The molecule has 21 heavy (non-hydrogen) atoms. The van der Waals surface area contributed by atoms with Crippen molar-refractivity contribution in [3.05, 3.63) is 18.0 Å². The zero-order chi connectivity index (χ0) is 15.7. The summed E-state index contributed by atoms with van der Waals surface area (Å²) in [6.07, 6.45) is 2.79. The summed E-state index contributed by atoms with van der Waals surface area (Å²) in [6.45, 7) is 5.70. The van der Waals surface area contributed by atoms with Gasteiger partial charge in [-0.1, -0.05) is 6.92 Å². The van der Waals surface area contributed by atoms with E-state index in [2.05, 4.69) is 10.4 Å². The number of nitrogens with zero attached hydrogens (tertiary/aromatic N) is 2. The molecule has 2 rings (SSSR count). The SMILES string of the molecule is CC1OC(C)C(C(=O)NC(C(=O)O)c2cnn(C)c2)C1C. The smallest absolute Gasteiger partial charge is 0.331 e.